The first kappa shape index (κ1) is 26.0. The number of sulfonamides is 1. The van der Waals surface area contributed by atoms with Gasteiger partial charge in [-0.2, -0.15) is 8.78 Å². The number of nitrogens with zero attached hydrogens (tertiary/aromatic N) is 6. The highest BCUT2D eigenvalue weighted by molar-refractivity contribution is 7.93. The number of halogens is 3. The van der Waals surface area contributed by atoms with Crippen LogP contribution in [-0.2, 0) is 16.6 Å². The van der Waals surface area contributed by atoms with Gasteiger partial charge in [-0.3, -0.25) is 14.2 Å². The Balaban J connectivity index is 1.35. The van der Waals surface area contributed by atoms with E-state index >= 15 is 0 Å². The Morgan fingerprint density at radius 1 is 1.16 bits per heavy atom. The lowest BCUT2D eigenvalue weighted by molar-refractivity contribution is 0.0407. The lowest BCUT2D eigenvalue weighted by atomic mass is 10.0. The first-order chi connectivity index (χ1) is 17.7. The van der Waals surface area contributed by atoms with E-state index in [0.717, 1.165) is 26.2 Å². The van der Waals surface area contributed by atoms with E-state index in [4.69, 9.17) is 16.0 Å². The van der Waals surface area contributed by atoms with Crippen LogP contribution < -0.4 is 4.31 Å². The van der Waals surface area contributed by atoms with Crippen molar-refractivity contribution in [1.29, 1.82) is 0 Å². The SMILES string of the molecule is CN1CC(N2CCC(S(=O)(=O)N(Cc3ccc(-c4nnc(C(F)F)o4)cn3)c3cccc(Cl)c3)CC2)C1. The van der Waals surface area contributed by atoms with Crippen LogP contribution in [0.4, 0.5) is 14.5 Å². The number of hydrogen-bond donors (Lipinski definition) is 0. The summed E-state index contributed by atoms with van der Waals surface area (Å²) in [5.74, 6) is -0.856. The van der Waals surface area contributed by atoms with Gasteiger partial charge < -0.3 is 9.32 Å². The highest BCUT2D eigenvalue weighted by Gasteiger charge is 2.38. The van der Waals surface area contributed by atoms with Crippen molar-refractivity contribution in [2.45, 2.75) is 37.1 Å². The maximum Gasteiger partial charge on any atom is 0.314 e. The maximum absolute atomic E-state index is 13.9. The number of pyridine rings is 1. The van der Waals surface area contributed by atoms with E-state index in [1.807, 2.05) is 0 Å². The minimum Gasteiger partial charge on any atom is -0.415 e. The third kappa shape index (κ3) is 5.62. The molecule has 0 N–H and O–H groups in total. The molecule has 0 bridgehead atoms. The molecule has 0 saturated carbocycles. The average molecular weight is 553 g/mol. The van der Waals surface area contributed by atoms with Gasteiger partial charge in [0.2, 0.25) is 15.9 Å². The van der Waals surface area contributed by atoms with Gasteiger partial charge in [-0.15, -0.1) is 10.2 Å². The summed E-state index contributed by atoms with van der Waals surface area (Å²) in [5, 5.41) is 6.85. The van der Waals surface area contributed by atoms with Gasteiger partial charge in [-0.1, -0.05) is 17.7 Å². The Hall–Kier alpha value is -2.67. The molecule has 0 atom stereocenters. The van der Waals surface area contributed by atoms with Crippen LogP contribution in [0.25, 0.3) is 11.5 Å². The molecule has 198 valence electrons. The Bertz CT molecular complexity index is 1330. The Kier molecular flexibility index (Phi) is 7.44. The van der Waals surface area contributed by atoms with Gasteiger partial charge in [0, 0.05) is 30.4 Å². The van der Waals surface area contributed by atoms with Gasteiger partial charge in [-0.25, -0.2) is 8.42 Å². The minimum atomic E-state index is -3.74. The van der Waals surface area contributed by atoms with Crippen molar-refractivity contribution in [2.24, 2.45) is 0 Å². The normalized spacial score (nSPS) is 18.3. The summed E-state index contributed by atoms with van der Waals surface area (Å²) in [6.07, 6.45) is -0.368. The first-order valence-corrected chi connectivity index (χ1v) is 13.9. The van der Waals surface area contributed by atoms with Crippen molar-refractivity contribution in [1.82, 2.24) is 25.0 Å². The number of benzene rings is 1. The van der Waals surface area contributed by atoms with E-state index in [1.165, 1.54) is 10.5 Å². The Morgan fingerprint density at radius 2 is 1.92 bits per heavy atom. The molecule has 0 spiro atoms. The fourth-order valence-electron chi connectivity index (χ4n) is 4.81. The van der Waals surface area contributed by atoms with Crippen molar-refractivity contribution in [3.8, 4) is 11.5 Å². The van der Waals surface area contributed by atoms with E-state index in [1.54, 1.807) is 36.4 Å². The van der Waals surface area contributed by atoms with Crippen LogP contribution in [0.1, 0.15) is 30.9 Å². The molecule has 37 heavy (non-hydrogen) atoms. The summed E-state index contributed by atoms with van der Waals surface area (Å²) in [4.78, 5) is 8.98. The second kappa shape index (κ2) is 10.6. The molecule has 2 aromatic heterocycles. The van der Waals surface area contributed by atoms with Crippen LogP contribution in [0.2, 0.25) is 5.02 Å². The van der Waals surface area contributed by atoms with Crippen LogP contribution >= 0.6 is 11.6 Å². The van der Waals surface area contributed by atoms with Crippen molar-refractivity contribution in [3.63, 3.8) is 0 Å². The summed E-state index contributed by atoms with van der Waals surface area (Å²) in [6.45, 7) is 3.50. The summed E-state index contributed by atoms with van der Waals surface area (Å²) < 4.78 is 59.7. The molecule has 2 aliphatic rings. The van der Waals surface area contributed by atoms with Gasteiger partial charge in [0.05, 0.1) is 28.7 Å². The molecule has 0 aliphatic carbocycles. The molecule has 0 amide bonds. The molecule has 0 unspecified atom stereocenters. The number of anilines is 1. The van der Waals surface area contributed by atoms with Crippen LogP contribution in [-0.4, -0.2) is 77.9 Å². The monoisotopic (exact) mass is 552 g/mol. The van der Waals surface area contributed by atoms with E-state index < -0.39 is 27.6 Å². The second-order valence-electron chi connectivity index (χ2n) is 9.43. The second-order valence-corrected chi connectivity index (χ2v) is 12.0. The predicted molar refractivity (Wildman–Crippen MR) is 135 cm³/mol. The highest BCUT2D eigenvalue weighted by Crippen LogP contribution is 2.31. The van der Waals surface area contributed by atoms with Gasteiger partial charge in [-0.05, 0) is 63.3 Å². The predicted octanol–water partition coefficient (Wildman–Crippen LogP) is 3.84. The number of piperidine rings is 1. The molecule has 2 aliphatic heterocycles. The van der Waals surface area contributed by atoms with Crippen molar-refractivity contribution in [3.05, 3.63) is 59.2 Å². The molecular weight excluding hydrogens is 526 g/mol. The number of hydrogen-bond acceptors (Lipinski definition) is 8. The van der Waals surface area contributed by atoms with Crippen molar-refractivity contribution >= 4 is 27.3 Å². The van der Waals surface area contributed by atoms with Crippen molar-refractivity contribution < 1.29 is 21.6 Å². The van der Waals surface area contributed by atoms with E-state index in [9.17, 15) is 17.2 Å². The smallest absolute Gasteiger partial charge is 0.314 e. The third-order valence-electron chi connectivity index (χ3n) is 6.87. The standard InChI is InChI=1S/C24H27ClF2N6O3S/c1-31-14-20(15-31)32-9-7-21(8-10-32)37(34,35)33(19-4-2-3-17(25)11-19)13-18-6-5-16(12-28-18)23-29-30-24(36-23)22(26)27/h2-6,11-12,20-22H,7-10,13-15H2,1H3. The fraction of sp³-hybridized carbons (Fsp3) is 0.458. The Labute approximate surface area is 219 Å². The van der Waals surface area contributed by atoms with E-state index in [2.05, 4.69) is 32.0 Å². The number of alkyl halides is 2. The molecule has 2 fully saturated rings. The fourth-order valence-corrected chi connectivity index (χ4v) is 6.88. The number of likely N-dealkylation sites (N-methyl/N-ethyl adjacent to an activating group) is 1. The first-order valence-electron chi connectivity index (χ1n) is 12.0. The van der Waals surface area contributed by atoms with Crippen molar-refractivity contribution in [2.75, 3.05) is 37.5 Å². The largest absolute Gasteiger partial charge is 0.415 e. The molecule has 5 rings (SSSR count). The average Bonchev–Trinajstić information content (AvgIpc) is 3.37. The summed E-state index contributed by atoms with van der Waals surface area (Å²) in [6, 6.07) is 10.4. The zero-order chi connectivity index (χ0) is 26.2. The topological polar surface area (TPSA) is 95.7 Å². The van der Waals surface area contributed by atoms with Crippen LogP contribution in [0.5, 0.6) is 0 Å². The minimum absolute atomic E-state index is 0.0112. The summed E-state index contributed by atoms with van der Waals surface area (Å²) in [5.41, 5.74) is 1.28. The molecule has 4 heterocycles. The molecule has 0 radical (unpaired) electrons. The molecule has 3 aromatic rings. The van der Waals surface area contributed by atoms with Gasteiger partial charge in [0.15, 0.2) is 0 Å². The molecule has 2 saturated heterocycles. The highest BCUT2D eigenvalue weighted by atomic mass is 35.5. The maximum atomic E-state index is 13.9. The summed E-state index contributed by atoms with van der Waals surface area (Å²) in [7, 11) is -1.65. The number of aromatic nitrogens is 3. The van der Waals surface area contributed by atoms with Gasteiger partial charge in [0.1, 0.15) is 0 Å². The third-order valence-corrected chi connectivity index (χ3v) is 9.37. The van der Waals surface area contributed by atoms with E-state index in [0.29, 0.717) is 40.9 Å². The van der Waals surface area contributed by atoms with Crippen LogP contribution in [0, 0.1) is 0 Å². The number of likely N-dealkylation sites (tertiary alicyclic amines) is 2. The van der Waals surface area contributed by atoms with Crippen LogP contribution in [0.3, 0.4) is 0 Å². The number of rotatable bonds is 8. The van der Waals surface area contributed by atoms with E-state index in [-0.39, 0.29) is 12.4 Å². The Morgan fingerprint density at radius 3 is 2.51 bits per heavy atom. The van der Waals surface area contributed by atoms with Gasteiger partial charge >= 0.3 is 6.43 Å². The molecule has 13 heteroatoms. The quantitative estimate of drug-likeness (QED) is 0.416. The zero-order valence-corrected chi connectivity index (χ0v) is 21.7. The summed E-state index contributed by atoms with van der Waals surface area (Å²) >= 11 is 6.20. The zero-order valence-electron chi connectivity index (χ0n) is 20.2. The molecule has 9 nitrogen and oxygen atoms in total. The molecule has 1 aromatic carbocycles. The van der Waals surface area contributed by atoms with Crippen LogP contribution in [0.15, 0.2) is 47.0 Å². The molecular formula is C24H27ClF2N6O3S. The lowest BCUT2D eigenvalue weighted by Gasteiger charge is -2.46. The van der Waals surface area contributed by atoms with Gasteiger partial charge in [0.25, 0.3) is 5.89 Å². The lowest BCUT2D eigenvalue weighted by Crippen LogP contribution is -2.60.